The zero-order valence-electron chi connectivity index (χ0n) is 16.0. The quantitative estimate of drug-likeness (QED) is 0.676. The minimum atomic E-state index is -4.67. The van der Waals surface area contributed by atoms with Gasteiger partial charge in [0.05, 0.1) is 6.42 Å². The van der Waals surface area contributed by atoms with E-state index >= 15 is 0 Å². The normalized spacial score (nSPS) is 12.9. The molecule has 0 saturated heterocycles. The van der Waals surface area contributed by atoms with Gasteiger partial charge in [0.25, 0.3) is 11.6 Å². The van der Waals surface area contributed by atoms with E-state index in [4.69, 9.17) is 11.6 Å². The van der Waals surface area contributed by atoms with E-state index < -0.39 is 12.0 Å². The Kier molecular flexibility index (Phi) is 5.79. The average molecular weight is 426 g/mol. The Hall–Kier alpha value is -2.68. The number of hydrogen-bond donors (Lipinski definition) is 1. The van der Waals surface area contributed by atoms with E-state index in [1.54, 1.807) is 19.9 Å². The smallest absolute Gasteiger partial charge is 0.353 e. The van der Waals surface area contributed by atoms with Crippen molar-refractivity contribution in [3.63, 3.8) is 0 Å². The standard InChI is InChI=1S/C19H19ClF3N5O/c1-10(7-13-5-4-6-14(20)8-13)24-16(29)9-15-11(2)25-18-26-17(19(21,22)23)27-28(18)12(15)3/h4-6,8,10H,7,9H2,1-3H3,(H,24,29). The molecule has 2 heterocycles. The molecule has 0 aliphatic carbocycles. The van der Waals surface area contributed by atoms with Crippen LogP contribution >= 0.6 is 11.6 Å². The Morgan fingerprint density at radius 3 is 2.66 bits per heavy atom. The number of nitrogens with zero attached hydrogens (tertiary/aromatic N) is 4. The summed E-state index contributed by atoms with van der Waals surface area (Å²) in [6.45, 7) is 5.09. The summed E-state index contributed by atoms with van der Waals surface area (Å²) >= 11 is 5.98. The Balaban J connectivity index is 1.75. The van der Waals surface area contributed by atoms with Crippen LogP contribution in [-0.4, -0.2) is 31.5 Å². The number of alkyl halides is 3. The Morgan fingerprint density at radius 2 is 2.00 bits per heavy atom. The van der Waals surface area contributed by atoms with Crippen molar-refractivity contribution in [3.05, 3.63) is 57.6 Å². The topological polar surface area (TPSA) is 72.2 Å². The molecule has 0 saturated carbocycles. The number of nitrogens with one attached hydrogen (secondary N) is 1. The fourth-order valence-corrected chi connectivity index (χ4v) is 3.35. The van der Waals surface area contributed by atoms with Gasteiger partial charge in [-0.1, -0.05) is 23.7 Å². The summed E-state index contributed by atoms with van der Waals surface area (Å²) < 4.78 is 39.7. The lowest BCUT2D eigenvalue weighted by molar-refractivity contribution is -0.144. The molecule has 154 valence electrons. The van der Waals surface area contributed by atoms with E-state index in [2.05, 4.69) is 20.4 Å². The van der Waals surface area contributed by atoms with Gasteiger partial charge >= 0.3 is 6.18 Å². The van der Waals surface area contributed by atoms with E-state index in [1.807, 2.05) is 25.1 Å². The lowest BCUT2D eigenvalue weighted by Gasteiger charge is -2.16. The highest BCUT2D eigenvalue weighted by Crippen LogP contribution is 2.27. The van der Waals surface area contributed by atoms with Gasteiger partial charge in [0, 0.05) is 28.0 Å². The van der Waals surface area contributed by atoms with Crippen molar-refractivity contribution >= 4 is 23.3 Å². The molecule has 2 aromatic heterocycles. The molecular weight excluding hydrogens is 407 g/mol. The first-order valence-corrected chi connectivity index (χ1v) is 9.26. The fourth-order valence-electron chi connectivity index (χ4n) is 3.14. The van der Waals surface area contributed by atoms with Crippen LogP contribution in [0, 0.1) is 13.8 Å². The van der Waals surface area contributed by atoms with Crippen molar-refractivity contribution in [2.75, 3.05) is 0 Å². The maximum Gasteiger partial charge on any atom is 0.453 e. The summed E-state index contributed by atoms with van der Waals surface area (Å²) in [4.78, 5) is 20.0. The molecule has 1 aromatic carbocycles. The van der Waals surface area contributed by atoms with Crippen LogP contribution < -0.4 is 5.32 Å². The van der Waals surface area contributed by atoms with Crippen molar-refractivity contribution in [1.82, 2.24) is 24.9 Å². The minimum absolute atomic E-state index is 0.0261. The monoisotopic (exact) mass is 425 g/mol. The third-order valence-electron chi connectivity index (χ3n) is 4.48. The third kappa shape index (κ3) is 4.84. The minimum Gasteiger partial charge on any atom is -0.353 e. The first kappa shape index (κ1) is 21.0. The zero-order chi connectivity index (χ0) is 21.3. The van der Waals surface area contributed by atoms with E-state index in [0.29, 0.717) is 28.4 Å². The number of carbonyl (C=O) groups excluding carboxylic acids is 1. The number of aryl methyl sites for hydroxylation is 2. The molecule has 1 N–H and O–H groups in total. The van der Waals surface area contributed by atoms with Gasteiger partial charge in [0.1, 0.15) is 0 Å². The Bertz CT molecular complexity index is 1060. The molecule has 0 spiro atoms. The van der Waals surface area contributed by atoms with Crippen LogP contribution in [0.15, 0.2) is 24.3 Å². The van der Waals surface area contributed by atoms with E-state index in [-0.39, 0.29) is 24.1 Å². The number of benzene rings is 1. The van der Waals surface area contributed by atoms with Crippen LogP contribution in [0.2, 0.25) is 5.02 Å². The zero-order valence-corrected chi connectivity index (χ0v) is 16.8. The lowest BCUT2D eigenvalue weighted by Crippen LogP contribution is -2.35. The van der Waals surface area contributed by atoms with Gasteiger partial charge in [-0.05, 0) is 44.9 Å². The summed E-state index contributed by atoms with van der Waals surface area (Å²) in [7, 11) is 0. The molecule has 3 rings (SSSR count). The second kappa shape index (κ2) is 7.98. The van der Waals surface area contributed by atoms with Gasteiger partial charge in [0.2, 0.25) is 5.91 Å². The molecule has 1 amide bonds. The van der Waals surface area contributed by atoms with Crippen molar-refractivity contribution in [3.8, 4) is 0 Å². The number of carbonyl (C=O) groups is 1. The first-order valence-electron chi connectivity index (χ1n) is 8.88. The molecule has 10 heteroatoms. The van der Waals surface area contributed by atoms with Crippen molar-refractivity contribution in [2.45, 2.75) is 45.8 Å². The molecule has 29 heavy (non-hydrogen) atoms. The van der Waals surface area contributed by atoms with Crippen molar-refractivity contribution in [2.24, 2.45) is 0 Å². The van der Waals surface area contributed by atoms with Gasteiger partial charge in [-0.2, -0.15) is 18.2 Å². The molecule has 0 radical (unpaired) electrons. The number of amides is 1. The SMILES string of the molecule is Cc1nc2nc(C(F)(F)F)nn2c(C)c1CC(=O)NC(C)Cc1cccc(Cl)c1. The second-order valence-corrected chi connectivity index (χ2v) is 7.32. The third-order valence-corrected chi connectivity index (χ3v) is 4.71. The fraction of sp³-hybridized carbons (Fsp3) is 0.368. The number of hydrogen-bond acceptors (Lipinski definition) is 4. The number of halogens is 4. The van der Waals surface area contributed by atoms with Crippen LogP contribution in [0.5, 0.6) is 0 Å². The van der Waals surface area contributed by atoms with Crippen LogP contribution in [0.25, 0.3) is 5.78 Å². The van der Waals surface area contributed by atoms with Crippen molar-refractivity contribution in [1.29, 1.82) is 0 Å². The number of rotatable bonds is 5. The molecule has 6 nitrogen and oxygen atoms in total. The van der Waals surface area contributed by atoms with Crippen LogP contribution in [-0.2, 0) is 23.8 Å². The highest BCUT2D eigenvalue weighted by molar-refractivity contribution is 6.30. The maximum atomic E-state index is 12.9. The molecule has 0 fully saturated rings. The Labute approximate surface area is 170 Å². The Morgan fingerprint density at radius 1 is 1.28 bits per heavy atom. The predicted octanol–water partition coefficient (Wildman–Crippen LogP) is 3.70. The molecule has 3 aromatic rings. The summed E-state index contributed by atoms with van der Waals surface area (Å²) in [5, 5.41) is 7.01. The summed E-state index contributed by atoms with van der Waals surface area (Å²) in [6, 6.07) is 7.22. The molecule has 0 bridgehead atoms. The van der Waals surface area contributed by atoms with Gasteiger partial charge in [0.15, 0.2) is 0 Å². The van der Waals surface area contributed by atoms with Gasteiger partial charge in [-0.25, -0.2) is 9.50 Å². The second-order valence-electron chi connectivity index (χ2n) is 6.89. The molecular formula is C19H19ClF3N5O. The summed E-state index contributed by atoms with van der Waals surface area (Å²) in [5.41, 5.74) is 2.34. The highest BCUT2D eigenvalue weighted by atomic mass is 35.5. The average Bonchev–Trinajstić information content (AvgIpc) is 3.03. The van der Waals surface area contributed by atoms with E-state index in [9.17, 15) is 18.0 Å². The van der Waals surface area contributed by atoms with E-state index in [1.165, 1.54) is 0 Å². The molecule has 0 aliphatic rings. The van der Waals surface area contributed by atoms with E-state index in [0.717, 1.165) is 10.1 Å². The maximum absolute atomic E-state index is 12.9. The number of aromatic nitrogens is 4. The highest BCUT2D eigenvalue weighted by Gasteiger charge is 2.37. The van der Waals surface area contributed by atoms with Crippen molar-refractivity contribution < 1.29 is 18.0 Å². The van der Waals surface area contributed by atoms with Gasteiger partial charge in [-0.15, -0.1) is 5.10 Å². The van der Waals surface area contributed by atoms with Gasteiger partial charge in [-0.3, -0.25) is 4.79 Å². The van der Waals surface area contributed by atoms with Crippen LogP contribution in [0.4, 0.5) is 13.2 Å². The summed E-state index contributed by atoms with van der Waals surface area (Å²) in [6.07, 6.45) is -4.09. The summed E-state index contributed by atoms with van der Waals surface area (Å²) in [5.74, 6) is -1.67. The van der Waals surface area contributed by atoms with Gasteiger partial charge < -0.3 is 5.32 Å². The van der Waals surface area contributed by atoms with Crippen LogP contribution in [0.1, 0.15) is 35.3 Å². The lowest BCUT2D eigenvalue weighted by atomic mass is 10.1. The number of fused-ring (bicyclic) bond motifs is 1. The molecule has 0 aliphatic heterocycles. The largest absolute Gasteiger partial charge is 0.453 e. The first-order chi connectivity index (χ1) is 13.5. The predicted molar refractivity (Wildman–Crippen MR) is 102 cm³/mol. The molecule has 1 atom stereocenters. The van der Waals surface area contributed by atoms with Crippen LogP contribution in [0.3, 0.4) is 0 Å². The molecule has 1 unspecified atom stereocenters.